The molecule has 30 heavy (non-hydrogen) atoms. The minimum atomic E-state index is -0.802. The molecule has 0 atom stereocenters. The summed E-state index contributed by atoms with van der Waals surface area (Å²) in [5.74, 6) is -1.19. The molecule has 7 heteroatoms. The average Bonchev–Trinajstić information content (AvgIpc) is 2.65. The van der Waals surface area contributed by atoms with E-state index in [1.807, 2.05) is 12.1 Å². The number of carboxylic acid groups (broad SMARTS) is 1. The SMILES string of the molecule is CC(C)(C)c1cc(CCNC(=O)c2cccc(NC(=N)N)c2)ccc1CCC(=O)O. The Balaban J connectivity index is 2.02. The van der Waals surface area contributed by atoms with E-state index < -0.39 is 5.97 Å². The summed E-state index contributed by atoms with van der Waals surface area (Å²) in [7, 11) is 0. The van der Waals surface area contributed by atoms with Crippen LogP contribution in [-0.2, 0) is 23.1 Å². The van der Waals surface area contributed by atoms with Gasteiger partial charge in [-0.25, -0.2) is 0 Å². The fourth-order valence-electron chi connectivity index (χ4n) is 3.25. The molecule has 2 aromatic carbocycles. The Labute approximate surface area is 177 Å². The van der Waals surface area contributed by atoms with Crippen LogP contribution in [0.4, 0.5) is 5.69 Å². The number of nitrogens with two attached hydrogens (primary N) is 1. The summed E-state index contributed by atoms with van der Waals surface area (Å²) in [5.41, 5.74) is 9.57. The van der Waals surface area contributed by atoms with Crippen LogP contribution in [0, 0.1) is 5.41 Å². The minimum Gasteiger partial charge on any atom is -0.481 e. The van der Waals surface area contributed by atoms with E-state index in [1.54, 1.807) is 24.3 Å². The third-order valence-electron chi connectivity index (χ3n) is 4.69. The zero-order valence-corrected chi connectivity index (χ0v) is 17.7. The number of nitrogens with one attached hydrogen (secondary N) is 3. The Morgan fingerprint density at radius 2 is 1.83 bits per heavy atom. The van der Waals surface area contributed by atoms with E-state index >= 15 is 0 Å². The number of benzene rings is 2. The van der Waals surface area contributed by atoms with Crippen molar-refractivity contribution in [2.24, 2.45) is 5.73 Å². The molecule has 0 aliphatic carbocycles. The second kappa shape index (κ2) is 9.91. The van der Waals surface area contributed by atoms with Gasteiger partial charge in [0.05, 0.1) is 0 Å². The Hall–Kier alpha value is -3.35. The van der Waals surface area contributed by atoms with E-state index in [0.29, 0.717) is 30.6 Å². The van der Waals surface area contributed by atoms with E-state index in [0.717, 1.165) is 16.7 Å². The smallest absolute Gasteiger partial charge is 0.303 e. The fraction of sp³-hybridized carbons (Fsp3) is 0.348. The van der Waals surface area contributed by atoms with Gasteiger partial charge in [-0.05, 0) is 53.1 Å². The highest BCUT2D eigenvalue weighted by Gasteiger charge is 2.19. The lowest BCUT2D eigenvalue weighted by Crippen LogP contribution is -2.26. The molecule has 1 amide bonds. The van der Waals surface area contributed by atoms with Crippen molar-refractivity contribution in [1.82, 2.24) is 5.32 Å². The van der Waals surface area contributed by atoms with Crippen molar-refractivity contribution in [3.05, 3.63) is 64.7 Å². The van der Waals surface area contributed by atoms with Gasteiger partial charge in [-0.15, -0.1) is 0 Å². The van der Waals surface area contributed by atoms with Gasteiger partial charge in [0.2, 0.25) is 0 Å². The number of carbonyl (C=O) groups is 2. The van der Waals surface area contributed by atoms with Crippen molar-refractivity contribution in [3.8, 4) is 0 Å². The van der Waals surface area contributed by atoms with Crippen LogP contribution in [0.5, 0.6) is 0 Å². The number of hydrogen-bond donors (Lipinski definition) is 5. The van der Waals surface area contributed by atoms with Crippen molar-refractivity contribution in [2.45, 2.75) is 45.4 Å². The number of amides is 1. The molecule has 2 rings (SSSR count). The number of hydrogen-bond acceptors (Lipinski definition) is 3. The van der Waals surface area contributed by atoms with Gasteiger partial charge in [-0.1, -0.05) is 45.0 Å². The topological polar surface area (TPSA) is 128 Å². The monoisotopic (exact) mass is 410 g/mol. The zero-order valence-electron chi connectivity index (χ0n) is 17.7. The standard InChI is InChI=1S/C23H30N4O3/c1-23(2,3)19-13-15(7-8-16(19)9-10-20(28)29)11-12-26-21(30)17-5-4-6-18(14-17)27-22(24)25/h4-8,13-14H,9-12H2,1-3H3,(H,26,30)(H,28,29)(H4,24,25,27). The highest BCUT2D eigenvalue weighted by Crippen LogP contribution is 2.28. The molecule has 0 saturated carbocycles. The number of carboxylic acids is 1. The molecule has 0 aliphatic heterocycles. The van der Waals surface area contributed by atoms with Gasteiger partial charge >= 0.3 is 5.97 Å². The number of carbonyl (C=O) groups excluding carboxylic acids is 1. The predicted octanol–water partition coefficient (Wildman–Crippen LogP) is 3.28. The molecule has 0 heterocycles. The van der Waals surface area contributed by atoms with Crippen molar-refractivity contribution >= 4 is 23.5 Å². The van der Waals surface area contributed by atoms with E-state index in [2.05, 4.69) is 37.5 Å². The number of guanidine groups is 1. The van der Waals surface area contributed by atoms with Gasteiger partial charge in [0.1, 0.15) is 0 Å². The normalized spacial score (nSPS) is 11.0. The lowest BCUT2D eigenvalue weighted by atomic mass is 9.81. The maximum absolute atomic E-state index is 12.4. The van der Waals surface area contributed by atoms with Gasteiger partial charge in [0.15, 0.2) is 5.96 Å². The molecular weight excluding hydrogens is 380 g/mol. The average molecular weight is 411 g/mol. The van der Waals surface area contributed by atoms with Gasteiger partial charge in [-0.3, -0.25) is 15.0 Å². The molecule has 0 spiro atoms. The predicted molar refractivity (Wildman–Crippen MR) is 119 cm³/mol. The van der Waals surface area contributed by atoms with Crippen molar-refractivity contribution in [3.63, 3.8) is 0 Å². The van der Waals surface area contributed by atoms with Gasteiger partial charge < -0.3 is 21.5 Å². The summed E-state index contributed by atoms with van der Waals surface area (Å²) >= 11 is 0. The fourth-order valence-corrected chi connectivity index (χ4v) is 3.25. The van der Waals surface area contributed by atoms with Crippen LogP contribution in [0.1, 0.15) is 54.2 Å². The number of anilines is 1. The summed E-state index contributed by atoms with van der Waals surface area (Å²) < 4.78 is 0. The van der Waals surface area contributed by atoms with Crippen LogP contribution in [0.25, 0.3) is 0 Å². The molecule has 0 unspecified atom stereocenters. The minimum absolute atomic E-state index is 0.1000. The Morgan fingerprint density at radius 1 is 1.10 bits per heavy atom. The third kappa shape index (κ3) is 6.92. The van der Waals surface area contributed by atoms with Gasteiger partial charge in [0, 0.05) is 24.2 Å². The van der Waals surface area contributed by atoms with E-state index in [4.69, 9.17) is 16.2 Å². The van der Waals surface area contributed by atoms with Gasteiger partial charge in [0.25, 0.3) is 5.91 Å². The molecule has 0 aromatic heterocycles. The first kappa shape index (κ1) is 22.9. The summed E-state index contributed by atoms with van der Waals surface area (Å²) in [4.78, 5) is 23.4. The molecule has 0 aliphatic rings. The molecule has 7 nitrogen and oxygen atoms in total. The first-order valence-electron chi connectivity index (χ1n) is 9.89. The molecular formula is C23H30N4O3. The lowest BCUT2D eigenvalue weighted by Gasteiger charge is -2.24. The van der Waals surface area contributed by atoms with E-state index in [9.17, 15) is 9.59 Å². The second-order valence-corrected chi connectivity index (χ2v) is 8.26. The largest absolute Gasteiger partial charge is 0.481 e. The van der Waals surface area contributed by atoms with E-state index in [-0.39, 0.29) is 23.7 Å². The van der Waals surface area contributed by atoms with E-state index in [1.165, 1.54) is 0 Å². The van der Waals surface area contributed by atoms with Crippen LogP contribution < -0.4 is 16.4 Å². The highest BCUT2D eigenvalue weighted by atomic mass is 16.4. The van der Waals surface area contributed by atoms with Crippen LogP contribution in [0.2, 0.25) is 0 Å². The number of aryl methyl sites for hydroxylation is 1. The van der Waals surface area contributed by atoms with Crippen LogP contribution in [-0.4, -0.2) is 29.5 Å². The van der Waals surface area contributed by atoms with Crippen molar-refractivity contribution in [1.29, 1.82) is 5.41 Å². The molecule has 0 fully saturated rings. The maximum atomic E-state index is 12.4. The molecule has 0 bridgehead atoms. The Morgan fingerprint density at radius 3 is 2.47 bits per heavy atom. The summed E-state index contributed by atoms with van der Waals surface area (Å²) in [6.07, 6.45) is 1.28. The van der Waals surface area contributed by atoms with Crippen LogP contribution >= 0.6 is 0 Å². The van der Waals surface area contributed by atoms with Crippen LogP contribution in [0.15, 0.2) is 42.5 Å². The van der Waals surface area contributed by atoms with Crippen LogP contribution in [0.3, 0.4) is 0 Å². The number of rotatable bonds is 8. The molecule has 6 N–H and O–H groups in total. The highest BCUT2D eigenvalue weighted by molar-refractivity contribution is 5.96. The third-order valence-corrected chi connectivity index (χ3v) is 4.69. The lowest BCUT2D eigenvalue weighted by molar-refractivity contribution is -0.136. The Bertz CT molecular complexity index is 932. The zero-order chi connectivity index (χ0) is 22.3. The summed E-state index contributed by atoms with van der Waals surface area (Å²) in [6.45, 7) is 6.81. The molecule has 160 valence electrons. The second-order valence-electron chi connectivity index (χ2n) is 8.26. The summed E-state index contributed by atoms with van der Waals surface area (Å²) in [5, 5.41) is 21.8. The first-order valence-corrected chi connectivity index (χ1v) is 9.89. The molecule has 2 aromatic rings. The van der Waals surface area contributed by atoms with Crippen molar-refractivity contribution < 1.29 is 14.7 Å². The number of aliphatic carboxylic acids is 1. The van der Waals surface area contributed by atoms with Gasteiger partial charge in [-0.2, -0.15) is 0 Å². The quantitative estimate of drug-likeness (QED) is 0.337. The van der Waals surface area contributed by atoms with Crippen molar-refractivity contribution in [2.75, 3.05) is 11.9 Å². The first-order chi connectivity index (χ1) is 14.1. The summed E-state index contributed by atoms with van der Waals surface area (Å²) in [6, 6.07) is 12.9. The maximum Gasteiger partial charge on any atom is 0.303 e. The molecule has 0 saturated heterocycles. The Kier molecular flexibility index (Phi) is 7.58. The molecule has 0 radical (unpaired) electrons.